The summed E-state index contributed by atoms with van der Waals surface area (Å²) in [5, 5.41) is 0.805. The fourth-order valence-electron chi connectivity index (χ4n) is 0.758. The number of halogens is 2. The molecule has 0 bridgehead atoms. The summed E-state index contributed by atoms with van der Waals surface area (Å²) in [5.41, 5.74) is 2.08. The third-order valence-corrected chi connectivity index (χ3v) is 2.81. The molecule has 0 aliphatic heterocycles. The van der Waals surface area contributed by atoms with Crippen molar-refractivity contribution in [1.82, 2.24) is 9.97 Å². The second kappa shape index (κ2) is 4.58. The Hall–Kier alpha value is 0.390. The molecule has 0 N–H and O–H groups in total. The lowest BCUT2D eigenvalue weighted by molar-refractivity contribution is 0.909. The Morgan fingerprint density at radius 2 is 2.17 bits per heavy atom. The molecule has 0 unspecified atom stereocenters. The predicted molar refractivity (Wildman–Crippen MR) is 59.1 cm³/mol. The van der Waals surface area contributed by atoms with Gasteiger partial charge in [-0.15, -0.1) is 0 Å². The summed E-state index contributed by atoms with van der Waals surface area (Å²) in [6, 6.07) is 0. The monoisotopic (exact) mass is 310 g/mol. The minimum Gasteiger partial charge on any atom is -0.231 e. The van der Waals surface area contributed by atoms with Crippen LogP contribution < -0.4 is 0 Å². The second-order valence-electron chi connectivity index (χ2n) is 2.23. The highest BCUT2D eigenvalue weighted by atomic mass is 79.9. The van der Waals surface area contributed by atoms with Crippen molar-refractivity contribution < 1.29 is 0 Å². The number of hydrogen-bond acceptors (Lipinski definition) is 3. The lowest BCUT2D eigenvalue weighted by Gasteiger charge is -2.05. The molecule has 0 aliphatic carbocycles. The summed E-state index contributed by atoms with van der Waals surface area (Å²) in [5.74, 6) is 0. The van der Waals surface area contributed by atoms with Gasteiger partial charge in [-0.1, -0.05) is 43.6 Å². The van der Waals surface area contributed by atoms with Crippen molar-refractivity contribution in [3.05, 3.63) is 17.5 Å². The van der Waals surface area contributed by atoms with Gasteiger partial charge < -0.3 is 0 Å². The minimum absolute atomic E-state index is 0.110. The Balaban J connectivity index is 3.08. The van der Waals surface area contributed by atoms with Crippen molar-refractivity contribution in [3.63, 3.8) is 0 Å². The van der Waals surface area contributed by atoms with E-state index in [1.807, 2.05) is 19.4 Å². The van der Waals surface area contributed by atoms with Gasteiger partial charge >= 0.3 is 0 Å². The maximum Gasteiger partial charge on any atom is 0.187 e. The molecule has 0 aliphatic rings. The molecule has 0 saturated heterocycles. The van der Waals surface area contributed by atoms with Gasteiger partial charge in [0.15, 0.2) is 5.16 Å². The van der Waals surface area contributed by atoms with E-state index in [-0.39, 0.29) is 3.74 Å². The van der Waals surface area contributed by atoms with E-state index in [2.05, 4.69) is 41.8 Å². The first-order valence-corrected chi connectivity index (χ1v) is 6.36. The van der Waals surface area contributed by atoms with Crippen molar-refractivity contribution in [2.24, 2.45) is 0 Å². The van der Waals surface area contributed by atoms with Crippen LogP contribution in [-0.4, -0.2) is 16.2 Å². The molecule has 0 fully saturated rings. The van der Waals surface area contributed by atoms with Crippen LogP contribution >= 0.6 is 43.6 Å². The van der Waals surface area contributed by atoms with E-state index in [1.54, 1.807) is 11.8 Å². The maximum absolute atomic E-state index is 4.35. The van der Waals surface area contributed by atoms with E-state index in [0.717, 1.165) is 16.4 Å². The van der Waals surface area contributed by atoms with Gasteiger partial charge in [-0.2, -0.15) is 0 Å². The fourth-order valence-corrected chi connectivity index (χ4v) is 2.03. The first-order chi connectivity index (χ1) is 5.65. The van der Waals surface area contributed by atoms with E-state index in [9.17, 15) is 0 Å². The molecule has 12 heavy (non-hydrogen) atoms. The smallest absolute Gasteiger partial charge is 0.187 e. The fraction of sp³-hybridized carbons (Fsp3) is 0.429. The Labute approximate surface area is 92.8 Å². The molecule has 1 rings (SSSR count). The molecule has 0 aromatic carbocycles. The van der Waals surface area contributed by atoms with Gasteiger partial charge in [0, 0.05) is 6.20 Å². The molecular weight excluding hydrogens is 304 g/mol. The van der Waals surface area contributed by atoms with Crippen molar-refractivity contribution in [3.8, 4) is 0 Å². The summed E-state index contributed by atoms with van der Waals surface area (Å²) in [6.07, 6.45) is 3.80. The number of aryl methyl sites for hydroxylation is 1. The van der Waals surface area contributed by atoms with Crippen molar-refractivity contribution >= 4 is 43.6 Å². The molecule has 66 valence electrons. The maximum atomic E-state index is 4.35. The van der Waals surface area contributed by atoms with Crippen LogP contribution in [0.5, 0.6) is 0 Å². The lowest BCUT2D eigenvalue weighted by Crippen LogP contribution is -1.96. The van der Waals surface area contributed by atoms with Gasteiger partial charge in [-0.05, 0) is 18.7 Å². The molecule has 5 heteroatoms. The molecule has 0 radical (unpaired) electrons. The number of thioether (sulfide) groups is 1. The predicted octanol–water partition coefficient (Wildman–Crippen LogP) is 3.30. The highest BCUT2D eigenvalue weighted by Crippen LogP contribution is 2.30. The Morgan fingerprint density at radius 3 is 2.67 bits per heavy atom. The zero-order valence-corrected chi connectivity index (χ0v) is 10.7. The zero-order chi connectivity index (χ0) is 9.14. The number of nitrogens with zero attached hydrogens (tertiary/aromatic N) is 2. The second-order valence-corrected chi connectivity index (χ2v) is 6.06. The van der Waals surface area contributed by atoms with Gasteiger partial charge in [0.05, 0.1) is 5.69 Å². The largest absolute Gasteiger partial charge is 0.231 e. The normalized spacial score (nSPS) is 10.8. The highest BCUT2D eigenvalue weighted by Gasteiger charge is 2.09. The SMILES string of the molecule is CSc1ncc(C)c(C(Br)Br)n1. The van der Waals surface area contributed by atoms with Gasteiger partial charge in [0.2, 0.25) is 0 Å². The van der Waals surface area contributed by atoms with Gasteiger partial charge in [-0.25, -0.2) is 9.97 Å². The first-order valence-electron chi connectivity index (χ1n) is 3.31. The minimum atomic E-state index is 0.110. The molecule has 1 aromatic heterocycles. The van der Waals surface area contributed by atoms with Crippen LogP contribution in [0.1, 0.15) is 15.0 Å². The van der Waals surface area contributed by atoms with Crippen LogP contribution in [0, 0.1) is 6.92 Å². The molecule has 2 nitrogen and oxygen atoms in total. The van der Waals surface area contributed by atoms with Crippen LogP contribution in [-0.2, 0) is 0 Å². The standard InChI is InChI=1S/C7H8Br2N2S/c1-4-3-10-7(12-2)11-5(4)6(8)9/h3,6H,1-2H3. The molecular formula is C7H8Br2N2S. The average Bonchev–Trinajstić information content (AvgIpc) is 2.05. The molecule has 1 aromatic rings. The van der Waals surface area contributed by atoms with Crippen molar-refractivity contribution in [2.75, 3.05) is 6.26 Å². The Morgan fingerprint density at radius 1 is 1.50 bits per heavy atom. The quantitative estimate of drug-likeness (QED) is 0.476. The van der Waals surface area contributed by atoms with Crippen LogP contribution in [0.2, 0.25) is 0 Å². The first kappa shape index (κ1) is 10.5. The van der Waals surface area contributed by atoms with Crippen molar-refractivity contribution in [1.29, 1.82) is 0 Å². The van der Waals surface area contributed by atoms with Crippen LogP contribution in [0.15, 0.2) is 11.4 Å². The summed E-state index contributed by atoms with van der Waals surface area (Å²) in [6.45, 7) is 2.00. The Bertz CT molecular complexity index is 278. The molecule has 1 heterocycles. The third-order valence-electron chi connectivity index (χ3n) is 1.38. The van der Waals surface area contributed by atoms with E-state index >= 15 is 0 Å². The van der Waals surface area contributed by atoms with Gasteiger partial charge in [0.25, 0.3) is 0 Å². The average molecular weight is 312 g/mol. The lowest BCUT2D eigenvalue weighted by atomic mass is 10.3. The summed E-state index contributed by atoms with van der Waals surface area (Å²) in [4.78, 5) is 8.50. The summed E-state index contributed by atoms with van der Waals surface area (Å²) in [7, 11) is 0. The van der Waals surface area contributed by atoms with E-state index in [1.165, 1.54) is 0 Å². The Kier molecular flexibility index (Phi) is 3.99. The summed E-state index contributed by atoms with van der Waals surface area (Å²) >= 11 is 8.37. The number of aromatic nitrogens is 2. The van der Waals surface area contributed by atoms with Crippen molar-refractivity contribution in [2.45, 2.75) is 15.8 Å². The van der Waals surface area contributed by atoms with Gasteiger partial charge in [0.1, 0.15) is 3.74 Å². The van der Waals surface area contributed by atoms with Crippen LogP contribution in [0.4, 0.5) is 0 Å². The summed E-state index contributed by atoms with van der Waals surface area (Å²) < 4.78 is 0.110. The zero-order valence-electron chi connectivity index (χ0n) is 6.71. The molecule has 0 atom stereocenters. The molecule has 0 amide bonds. The van der Waals surface area contributed by atoms with E-state index < -0.39 is 0 Å². The molecule has 0 saturated carbocycles. The van der Waals surface area contributed by atoms with Crippen LogP contribution in [0.3, 0.4) is 0 Å². The number of hydrogen-bond donors (Lipinski definition) is 0. The van der Waals surface area contributed by atoms with E-state index in [4.69, 9.17) is 0 Å². The molecule has 0 spiro atoms. The topological polar surface area (TPSA) is 25.8 Å². The van der Waals surface area contributed by atoms with Gasteiger partial charge in [-0.3, -0.25) is 0 Å². The van der Waals surface area contributed by atoms with Crippen LogP contribution in [0.25, 0.3) is 0 Å². The highest BCUT2D eigenvalue weighted by molar-refractivity contribution is 9.24. The van der Waals surface area contributed by atoms with E-state index in [0.29, 0.717) is 0 Å². The third kappa shape index (κ3) is 2.44. The number of rotatable bonds is 2. The number of alkyl halides is 2.